The molecule has 1 aliphatic heterocycles. The molecule has 0 spiro atoms. The fourth-order valence-electron chi connectivity index (χ4n) is 2.94. The maximum atomic E-state index is 12.7. The van der Waals surface area contributed by atoms with Gasteiger partial charge in [-0.2, -0.15) is 5.26 Å². The third-order valence-corrected chi connectivity index (χ3v) is 5.01. The molecule has 1 aliphatic rings. The van der Waals surface area contributed by atoms with Gasteiger partial charge in [-0.1, -0.05) is 60.8 Å². The molecule has 3 rings (SSSR count). The number of carbonyl (C=O) groups excluding carboxylic acids is 2. The third-order valence-electron chi connectivity index (χ3n) is 4.46. The van der Waals surface area contributed by atoms with Crippen LogP contribution in [0.15, 0.2) is 53.0 Å². The minimum Gasteiger partial charge on any atom is -0.351 e. The molecule has 0 saturated heterocycles. The van der Waals surface area contributed by atoms with E-state index >= 15 is 0 Å². The summed E-state index contributed by atoms with van der Waals surface area (Å²) in [6, 6.07) is 13.6. The minimum atomic E-state index is -0.493. The highest BCUT2D eigenvalue weighted by Crippen LogP contribution is 2.31. The smallest absolute Gasteiger partial charge is 0.264 e. The van der Waals surface area contributed by atoms with Crippen LogP contribution in [0.4, 0.5) is 0 Å². The number of carbonyl (C=O) groups is 2. The van der Waals surface area contributed by atoms with E-state index in [4.69, 9.17) is 23.2 Å². The average molecular weight is 441 g/mol. The highest BCUT2D eigenvalue weighted by atomic mass is 35.5. The number of rotatable bonds is 5. The maximum Gasteiger partial charge on any atom is 0.264 e. The number of amidine groups is 1. The molecule has 2 N–H and O–H groups in total. The monoisotopic (exact) mass is 440 g/mol. The summed E-state index contributed by atoms with van der Waals surface area (Å²) < 4.78 is 0. The summed E-state index contributed by atoms with van der Waals surface area (Å²) in [7, 11) is 0. The Morgan fingerprint density at radius 2 is 1.87 bits per heavy atom. The number of unbranched alkanes of at least 4 members (excludes halogenated alkanes) is 1. The number of benzene rings is 2. The standard InChI is InChI=1S/C22H18Cl2N4O2/c1-2-3-10-26-21(29)17(12-25)19-14-6-4-5-7-15(14)20(27-19)28-22(30)16-9-8-13(23)11-18(16)24/h4-9,11H,2-3,10H2,1H3,(H,26,29)(H,27,28,30)/b19-17-. The van der Waals surface area contributed by atoms with E-state index in [0.29, 0.717) is 22.7 Å². The molecule has 0 atom stereocenters. The number of halogens is 2. The van der Waals surface area contributed by atoms with Crippen molar-refractivity contribution in [2.75, 3.05) is 6.54 Å². The predicted molar refractivity (Wildman–Crippen MR) is 117 cm³/mol. The van der Waals surface area contributed by atoms with Crippen LogP contribution in [0, 0.1) is 11.3 Å². The summed E-state index contributed by atoms with van der Waals surface area (Å²) in [5, 5.41) is 15.7. The minimum absolute atomic E-state index is 0.104. The molecule has 152 valence electrons. The molecular formula is C22H18Cl2N4O2. The third kappa shape index (κ3) is 4.54. The Bertz CT molecular complexity index is 1120. The van der Waals surface area contributed by atoms with Crippen LogP contribution in [0.3, 0.4) is 0 Å². The van der Waals surface area contributed by atoms with Gasteiger partial charge >= 0.3 is 0 Å². The lowest BCUT2D eigenvalue weighted by atomic mass is 10.0. The van der Waals surface area contributed by atoms with Crippen LogP contribution in [-0.4, -0.2) is 24.2 Å². The van der Waals surface area contributed by atoms with Crippen molar-refractivity contribution >= 4 is 46.5 Å². The van der Waals surface area contributed by atoms with E-state index in [2.05, 4.69) is 15.6 Å². The van der Waals surface area contributed by atoms with Gasteiger partial charge in [-0.15, -0.1) is 0 Å². The summed E-state index contributed by atoms with van der Waals surface area (Å²) in [5.74, 6) is -0.726. The second kappa shape index (κ2) is 9.57. The molecule has 2 aromatic carbocycles. The molecule has 30 heavy (non-hydrogen) atoms. The zero-order valence-electron chi connectivity index (χ0n) is 16.1. The van der Waals surface area contributed by atoms with Gasteiger partial charge in [0.2, 0.25) is 0 Å². The van der Waals surface area contributed by atoms with Crippen molar-refractivity contribution in [3.8, 4) is 6.07 Å². The lowest BCUT2D eigenvalue weighted by Crippen LogP contribution is -2.30. The molecule has 0 unspecified atom stereocenters. The number of amides is 2. The first kappa shape index (κ1) is 21.6. The largest absolute Gasteiger partial charge is 0.351 e. The first-order chi connectivity index (χ1) is 14.5. The molecule has 0 bridgehead atoms. The average Bonchev–Trinajstić information content (AvgIpc) is 3.07. The lowest BCUT2D eigenvalue weighted by Gasteiger charge is -2.07. The molecule has 0 saturated carbocycles. The predicted octanol–water partition coefficient (Wildman–Crippen LogP) is 4.33. The van der Waals surface area contributed by atoms with Gasteiger partial charge in [-0.05, 0) is 24.6 Å². The van der Waals surface area contributed by atoms with Crippen molar-refractivity contribution in [3.05, 3.63) is 74.8 Å². The molecule has 6 nitrogen and oxygen atoms in total. The quantitative estimate of drug-likeness (QED) is 0.411. The second-order valence-corrected chi connectivity index (χ2v) is 7.37. The zero-order chi connectivity index (χ0) is 21.7. The Labute approximate surface area is 184 Å². The molecule has 0 aliphatic carbocycles. The van der Waals surface area contributed by atoms with E-state index in [-0.39, 0.29) is 27.7 Å². The lowest BCUT2D eigenvalue weighted by molar-refractivity contribution is -0.117. The summed E-state index contributed by atoms with van der Waals surface area (Å²) in [4.78, 5) is 29.6. The second-order valence-electron chi connectivity index (χ2n) is 6.53. The van der Waals surface area contributed by atoms with Crippen molar-refractivity contribution in [3.63, 3.8) is 0 Å². The van der Waals surface area contributed by atoms with Crippen molar-refractivity contribution in [2.24, 2.45) is 4.99 Å². The SMILES string of the molecule is CCCCNC(=O)/C(C#N)=C1\N=C(NC(=O)c2ccc(Cl)cc2Cl)c2ccccc21. The summed E-state index contributed by atoms with van der Waals surface area (Å²) in [5.41, 5.74) is 1.56. The molecule has 2 aromatic rings. The molecule has 2 amide bonds. The van der Waals surface area contributed by atoms with Crippen molar-refractivity contribution in [1.82, 2.24) is 10.6 Å². The van der Waals surface area contributed by atoms with E-state index in [1.165, 1.54) is 12.1 Å². The highest BCUT2D eigenvalue weighted by molar-refractivity contribution is 6.37. The molecule has 1 heterocycles. The Balaban J connectivity index is 1.96. The van der Waals surface area contributed by atoms with Crippen LogP contribution >= 0.6 is 23.2 Å². The summed E-state index contributed by atoms with van der Waals surface area (Å²) in [6.07, 6.45) is 1.73. The van der Waals surface area contributed by atoms with E-state index in [1.54, 1.807) is 30.3 Å². The fourth-order valence-corrected chi connectivity index (χ4v) is 3.44. The van der Waals surface area contributed by atoms with Gasteiger partial charge in [0.25, 0.3) is 11.8 Å². The van der Waals surface area contributed by atoms with Crippen molar-refractivity contribution < 1.29 is 9.59 Å². The summed E-state index contributed by atoms with van der Waals surface area (Å²) in [6.45, 7) is 2.48. The van der Waals surface area contributed by atoms with Gasteiger partial charge < -0.3 is 10.6 Å². The topological polar surface area (TPSA) is 94.3 Å². The van der Waals surface area contributed by atoms with E-state index in [1.807, 2.05) is 13.0 Å². The van der Waals surface area contributed by atoms with E-state index in [9.17, 15) is 14.9 Å². The molecular weight excluding hydrogens is 423 g/mol. The van der Waals surface area contributed by atoms with Gasteiger partial charge in [0, 0.05) is 22.7 Å². The van der Waals surface area contributed by atoms with Gasteiger partial charge in [0.05, 0.1) is 16.3 Å². The van der Waals surface area contributed by atoms with Crippen LogP contribution in [-0.2, 0) is 4.79 Å². The number of hydrogen-bond donors (Lipinski definition) is 2. The number of fused-ring (bicyclic) bond motifs is 1. The number of nitrogens with one attached hydrogen (secondary N) is 2. The van der Waals surface area contributed by atoms with E-state index in [0.717, 1.165) is 12.8 Å². The summed E-state index contributed by atoms with van der Waals surface area (Å²) >= 11 is 12.0. The number of hydrogen-bond acceptors (Lipinski definition) is 4. The molecule has 0 fully saturated rings. The molecule has 0 aromatic heterocycles. The first-order valence-electron chi connectivity index (χ1n) is 9.33. The normalized spacial score (nSPS) is 13.7. The van der Waals surface area contributed by atoms with Gasteiger partial charge in [0.1, 0.15) is 17.5 Å². The Hall–Kier alpha value is -3.14. The van der Waals surface area contributed by atoms with Crippen LogP contribution in [0.1, 0.15) is 41.3 Å². The number of nitrogens with zero attached hydrogens (tertiary/aromatic N) is 2. The van der Waals surface area contributed by atoms with Gasteiger partial charge in [-0.3, -0.25) is 9.59 Å². The maximum absolute atomic E-state index is 12.7. The van der Waals surface area contributed by atoms with Gasteiger partial charge in [0.15, 0.2) is 0 Å². The van der Waals surface area contributed by atoms with Gasteiger partial charge in [-0.25, -0.2) is 4.99 Å². The van der Waals surface area contributed by atoms with Crippen LogP contribution < -0.4 is 10.6 Å². The molecule has 8 heteroatoms. The van der Waals surface area contributed by atoms with Crippen LogP contribution in [0.5, 0.6) is 0 Å². The highest BCUT2D eigenvalue weighted by Gasteiger charge is 2.27. The number of nitriles is 1. The van der Waals surface area contributed by atoms with E-state index < -0.39 is 11.8 Å². The Morgan fingerprint density at radius 1 is 1.13 bits per heavy atom. The Kier molecular flexibility index (Phi) is 6.88. The molecule has 0 radical (unpaired) electrons. The van der Waals surface area contributed by atoms with Crippen LogP contribution in [0.25, 0.3) is 5.70 Å². The van der Waals surface area contributed by atoms with Crippen molar-refractivity contribution in [2.45, 2.75) is 19.8 Å². The Morgan fingerprint density at radius 3 is 2.53 bits per heavy atom. The fraction of sp³-hybridized carbons (Fsp3) is 0.182. The number of aliphatic imine (C=N–C) groups is 1. The first-order valence-corrected chi connectivity index (χ1v) is 10.1. The van der Waals surface area contributed by atoms with Crippen LogP contribution in [0.2, 0.25) is 10.0 Å². The van der Waals surface area contributed by atoms with Crippen molar-refractivity contribution in [1.29, 1.82) is 5.26 Å². The zero-order valence-corrected chi connectivity index (χ0v) is 17.6.